The molecule has 3 aromatic heterocycles. The summed E-state index contributed by atoms with van der Waals surface area (Å²) in [5.74, 6) is 0.368. The third-order valence-electron chi connectivity index (χ3n) is 7.40. The van der Waals surface area contributed by atoms with Crippen molar-refractivity contribution < 1.29 is 15.0 Å². The first-order valence-corrected chi connectivity index (χ1v) is 11.5. The molecular formula is C25H26N6O3. The molecule has 0 bridgehead atoms. The Labute approximate surface area is 195 Å². The lowest BCUT2D eigenvalue weighted by atomic mass is 9.95. The number of hydrogen-bond acceptors (Lipinski definition) is 7. The number of nitrogens with two attached hydrogens (primary N) is 1. The maximum absolute atomic E-state index is 12.2. The smallest absolute Gasteiger partial charge is 0.255 e. The predicted molar refractivity (Wildman–Crippen MR) is 127 cm³/mol. The average Bonchev–Trinajstić information content (AvgIpc) is 3.46. The van der Waals surface area contributed by atoms with Crippen LogP contribution in [0.2, 0.25) is 0 Å². The molecule has 2 aliphatic rings. The van der Waals surface area contributed by atoms with E-state index in [2.05, 4.69) is 16.0 Å². The molecule has 1 saturated carbocycles. The van der Waals surface area contributed by atoms with E-state index in [1.54, 1.807) is 11.9 Å². The highest BCUT2D eigenvalue weighted by atomic mass is 16.3. The molecule has 1 fully saturated rings. The third-order valence-corrected chi connectivity index (χ3v) is 7.40. The number of amides is 1. The van der Waals surface area contributed by atoms with Gasteiger partial charge in [-0.25, -0.2) is 9.97 Å². The minimum Gasteiger partial charge on any atom is -0.390 e. The van der Waals surface area contributed by atoms with Crippen LogP contribution in [0.5, 0.6) is 0 Å². The van der Waals surface area contributed by atoms with Gasteiger partial charge in [0.15, 0.2) is 0 Å². The van der Waals surface area contributed by atoms with E-state index >= 15 is 0 Å². The Bertz CT molecular complexity index is 1430. The number of aromatic nitrogens is 4. The number of aryl methyl sites for hydroxylation is 1. The van der Waals surface area contributed by atoms with Crippen LogP contribution in [0.25, 0.3) is 21.9 Å². The predicted octanol–water partition coefficient (Wildman–Crippen LogP) is 2.06. The van der Waals surface area contributed by atoms with Crippen LogP contribution in [0, 0.1) is 5.92 Å². The number of rotatable bonds is 4. The second-order valence-electron chi connectivity index (χ2n) is 9.47. The number of anilines is 1. The molecule has 0 unspecified atom stereocenters. The van der Waals surface area contributed by atoms with Crippen LogP contribution in [-0.4, -0.2) is 59.8 Å². The second kappa shape index (κ2) is 7.75. The highest BCUT2D eigenvalue weighted by Gasteiger charge is 2.42. The topological polar surface area (TPSA) is 130 Å². The molecule has 1 amide bonds. The molecule has 1 aromatic carbocycles. The Hall–Kier alpha value is -3.56. The van der Waals surface area contributed by atoms with Crippen LogP contribution in [-0.2, 0) is 13.0 Å². The molecule has 1 aliphatic heterocycles. The first kappa shape index (κ1) is 21.0. The van der Waals surface area contributed by atoms with Gasteiger partial charge in [-0.05, 0) is 48.9 Å². The Morgan fingerprint density at radius 3 is 2.85 bits per heavy atom. The molecule has 9 nitrogen and oxygen atoms in total. The van der Waals surface area contributed by atoms with Crippen molar-refractivity contribution in [2.75, 3.05) is 12.8 Å². The van der Waals surface area contributed by atoms with Crippen LogP contribution < -0.4 is 5.73 Å². The quantitative estimate of drug-likeness (QED) is 0.427. The number of carbonyl (C=O) groups is 1. The van der Waals surface area contributed by atoms with Gasteiger partial charge < -0.3 is 25.4 Å². The number of nitrogens with zero attached hydrogens (tertiary/aromatic N) is 5. The number of hydrogen-bond donors (Lipinski definition) is 3. The lowest BCUT2D eigenvalue weighted by molar-refractivity contribution is 0.00545. The van der Waals surface area contributed by atoms with E-state index in [4.69, 9.17) is 10.7 Å². The van der Waals surface area contributed by atoms with Gasteiger partial charge in [0.1, 0.15) is 23.9 Å². The molecule has 1 aliphatic carbocycles. The summed E-state index contributed by atoms with van der Waals surface area (Å²) in [4.78, 5) is 27.0. The number of aliphatic hydroxyl groups is 2. The van der Waals surface area contributed by atoms with Gasteiger partial charge in [0.25, 0.3) is 5.91 Å². The minimum absolute atomic E-state index is 0.0152. The lowest BCUT2D eigenvalue weighted by Crippen LogP contribution is -2.29. The fraction of sp³-hybridized carbons (Fsp3) is 0.360. The minimum atomic E-state index is -0.882. The average molecular weight is 459 g/mol. The maximum atomic E-state index is 12.2. The van der Waals surface area contributed by atoms with Crippen molar-refractivity contribution in [1.82, 2.24) is 24.4 Å². The molecule has 0 spiro atoms. The summed E-state index contributed by atoms with van der Waals surface area (Å²) < 4.78 is 1.90. The fourth-order valence-corrected chi connectivity index (χ4v) is 5.49. The van der Waals surface area contributed by atoms with Gasteiger partial charge in [-0.3, -0.25) is 9.78 Å². The highest BCUT2D eigenvalue weighted by molar-refractivity contribution is 6.00. The van der Waals surface area contributed by atoms with Crippen molar-refractivity contribution in [3.05, 3.63) is 59.7 Å². The van der Waals surface area contributed by atoms with Crippen molar-refractivity contribution in [1.29, 1.82) is 0 Å². The first-order valence-electron chi connectivity index (χ1n) is 11.5. The fourth-order valence-electron chi connectivity index (χ4n) is 5.49. The molecule has 4 N–H and O–H groups in total. The maximum Gasteiger partial charge on any atom is 0.255 e. The van der Waals surface area contributed by atoms with Crippen LogP contribution in [0.4, 0.5) is 5.82 Å². The van der Waals surface area contributed by atoms with Gasteiger partial charge in [-0.15, -0.1) is 0 Å². The highest BCUT2D eigenvalue weighted by Crippen LogP contribution is 2.39. The Morgan fingerprint density at radius 1 is 1.15 bits per heavy atom. The van der Waals surface area contributed by atoms with Gasteiger partial charge in [0, 0.05) is 18.6 Å². The molecule has 4 aromatic rings. The van der Waals surface area contributed by atoms with Gasteiger partial charge in [-0.1, -0.05) is 12.1 Å². The van der Waals surface area contributed by atoms with Crippen molar-refractivity contribution >= 4 is 33.7 Å². The van der Waals surface area contributed by atoms with Gasteiger partial charge in [0.05, 0.1) is 40.9 Å². The van der Waals surface area contributed by atoms with E-state index in [-0.39, 0.29) is 17.9 Å². The van der Waals surface area contributed by atoms with Crippen molar-refractivity contribution in [2.24, 2.45) is 5.92 Å². The molecule has 0 radical (unpaired) electrons. The first-order chi connectivity index (χ1) is 16.4. The molecule has 174 valence electrons. The van der Waals surface area contributed by atoms with Crippen molar-refractivity contribution in [2.45, 2.75) is 44.1 Å². The van der Waals surface area contributed by atoms with E-state index < -0.39 is 12.2 Å². The number of aliphatic hydroxyl groups excluding tert-OH is 2. The lowest BCUT2D eigenvalue weighted by Gasteiger charge is -2.19. The largest absolute Gasteiger partial charge is 0.390 e. The van der Waals surface area contributed by atoms with E-state index in [1.807, 2.05) is 35.0 Å². The van der Waals surface area contributed by atoms with E-state index in [1.165, 1.54) is 6.33 Å². The number of benzene rings is 1. The standard InChI is InChI=1S/C25H26N6O3/c1-30-11-19-17(25(30)34)9-14-4-2-13(8-18(14)29-19)3-5-15-10-20(22(33)21(15)32)31-7-6-16-23(26)27-12-28-24(16)31/h2,4,6-9,12,15,20-22,32-33H,3,5,10-11H2,1H3,(H2,26,27,28)/t15-,20+,21+,22-/m0/s1. The van der Waals surface area contributed by atoms with Crippen LogP contribution in [0.3, 0.4) is 0 Å². The number of fused-ring (bicyclic) bond motifs is 3. The molecule has 9 heteroatoms. The summed E-state index contributed by atoms with van der Waals surface area (Å²) in [5, 5.41) is 23.3. The molecule has 4 atom stereocenters. The summed E-state index contributed by atoms with van der Waals surface area (Å²) in [6.07, 6.45) is 3.72. The Kier molecular flexibility index (Phi) is 4.79. The summed E-state index contributed by atoms with van der Waals surface area (Å²) in [5.41, 5.74) is 10.1. The van der Waals surface area contributed by atoms with Crippen molar-refractivity contribution in [3.63, 3.8) is 0 Å². The third kappa shape index (κ3) is 3.23. The van der Waals surface area contributed by atoms with Gasteiger partial charge in [0.2, 0.25) is 0 Å². The van der Waals surface area contributed by atoms with Crippen LogP contribution in [0.1, 0.15) is 40.5 Å². The number of carbonyl (C=O) groups excluding carboxylic acids is 1. The van der Waals surface area contributed by atoms with Crippen molar-refractivity contribution in [3.8, 4) is 0 Å². The zero-order valence-electron chi connectivity index (χ0n) is 18.8. The van der Waals surface area contributed by atoms with Gasteiger partial charge in [-0.2, -0.15) is 0 Å². The second-order valence-corrected chi connectivity index (χ2v) is 9.47. The SMILES string of the molecule is CN1Cc2nc3cc(CC[C@H]4C[C@@H](n5ccc6c(N)ncnc65)[C@H](O)[C@@H]4O)ccc3cc2C1=O. The van der Waals surface area contributed by atoms with E-state index in [0.717, 1.165) is 40.4 Å². The molecule has 4 heterocycles. The molecule has 6 rings (SSSR count). The summed E-state index contributed by atoms with van der Waals surface area (Å²) in [6, 6.07) is 9.61. The summed E-state index contributed by atoms with van der Waals surface area (Å²) >= 11 is 0. The Morgan fingerprint density at radius 2 is 2.00 bits per heavy atom. The zero-order chi connectivity index (χ0) is 23.6. The Balaban J connectivity index is 1.20. The van der Waals surface area contributed by atoms with Gasteiger partial charge >= 0.3 is 0 Å². The molecule has 34 heavy (non-hydrogen) atoms. The van der Waals surface area contributed by atoms with E-state index in [9.17, 15) is 15.0 Å². The number of nitrogen functional groups attached to an aromatic ring is 1. The number of pyridine rings is 1. The zero-order valence-corrected chi connectivity index (χ0v) is 18.8. The van der Waals surface area contributed by atoms with Crippen LogP contribution >= 0.6 is 0 Å². The normalized spacial score (nSPS) is 24.4. The summed E-state index contributed by atoms with van der Waals surface area (Å²) in [6.45, 7) is 0.534. The monoisotopic (exact) mass is 458 g/mol. The molecule has 0 saturated heterocycles. The van der Waals surface area contributed by atoms with Crippen LogP contribution in [0.15, 0.2) is 42.9 Å². The summed E-state index contributed by atoms with van der Waals surface area (Å²) in [7, 11) is 1.78. The van der Waals surface area contributed by atoms with E-state index in [0.29, 0.717) is 30.0 Å². The molecular weight excluding hydrogens is 432 g/mol.